The quantitative estimate of drug-likeness (QED) is 0.477. The zero-order valence-electron chi connectivity index (χ0n) is 18.3. The third-order valence-electron chi connectivity index (χ3n) is 4.82. The first-order valence-corrected chi connectivity index (χ1v) is 13.6. The molecule has 0 radical (unpaired) electrons. The van der Waals surface area contributed by atoms with Gasteiger partial charge in [0.05, 0.1) is 11.6 Å². The van der Waals surface area contributed by atoms with Crippen LogP contribution in [-0.4, -0.2) is 61.6 Å². The second-order valence-corrected chi connectivity index (χ2v) is 13.6. The van der Waals surface area contributed by atoms with E-state index in [1.54, 1.807) is 39.9 Å². The summed E-state index contributed by atoms with van der Waals surface area (Å²) in [6, 6.07) is 9.84. The Hall–Kier alpha value is -2.60. The van der Waals surface area contributed by atoms with Gasteiger partial charge in [0.25, 0.3) is 5.91 Å². The van der Waals surface area contributed by atoms with Gasteiger partial charge in [-0.25, -0.2) is 20.0 Å². The minimum absolute atomic E-state index is 0.187. The van der Waals surface area contributed by atoms with E-state index in [4.69, 9.17) is 28.5 Å². The lowest BCUT2D eigenvalue weighted by Gasteiger charge is -2.33. The highest BCUT2D eigenvalue weighted by molar-refractivity contribution is 8.32. The van der Waals surface area contributed by atoms with Crippen molar-refractivity contribution in [2.24, 2.45) is 0 Å². The minimum atomic E-state index is -0.855. The summed E-state index contributed by atoms with van der Waals surface area (Å²) in [4.78, 5) is 24.0. The molecule has 0 bridgehead atoms. The molecule has 10 heteroatoms. The van der Waals surface area contributed by atoms with Crippen LogP contribution in [0.15, 0.2) is 42.9 Å². The van der Waals surface area contributed by atoms with Gasteiger partial charge in [-0.15, -0.1) is 0 Å². The molecule has 0 aliphatic carbocycles. The molecule has 0 spiro atoms. The van der Waals surface area contributed by atoms with Gasteiger partial charge in [-0.1, -0.05) is 23.2 Å². The molecule has 1 aromatic carbocycles. The number of rotatable bonds is 7. The van der Waals surface area contributed by atoms with E-state index in [2.05, 4.69) is 33.8 Å². The van der Waals surface area contributed by atoms with E-state index in [1.165, 1.54) is 12.5 Å². The van der Waals surface area contributed by atoms with Gasteiger partial charge in [-0.05, 0) is 61.8 Å². The zero-order chi connectivity index (χ0) is 23.5. The molecular formula is C22H24Cl2N6OS. The molecule has 0 saturated heterocycles. The molecule has 1 amide bonds. The number of nitriles is 1. The van der Waals surface area contributed by atoms with E-state index in [-0.39, 0.29) is 5.91 Å². The number of pyridine rings is 1. The van der Waals surface area contributed by atoms with Crippen molar-refractivity contribution in [3.05, 3.63) is 69.9 Å². The average molecular weight is 491 g/mol. The smallest absolute Gasteiger partial charge is 0.254 e. The summed E-state index contributed by atoms with van der Waals surface area (Å²) in [6.45, 7) is 2.45. The Labute approximate surface area is 199 Å². The summed E-state index contributed by atoms with van der Waals surface area (Å²) in [5.41, 5.74) is 0.868. The van der Waals surface area contributed by atoms with Crippen LogP contribution < -0.4 is 0 Å². The normalized spacial score (nSPS) is 12.8. The van der Waals surface area contributed by atoms with Gasteiger partial charge in [0.2, 0.25) is 0 Å². The van der Waals surface area contributed by atoms with Crippen molar-refractivity contribution >= 4 is 39.1 Å². The Morgan fingerprint density at radius 3 is 2.44 bits per heavy atom. The Bertz CT molecular complexity index is 1130. The van der Waals surface area contributed by atoms with Crippen molar-refractivity contribution in [3.8, 4) is 11.9 Å². The van der Waals surface area contributed by atoms with Crippen molar-refractivity contribution in [3.63, 3.8) is 0 Å². The second-order valence-electron chi connectivity index (χ2n) is 8.17. The fourth-order valence-electron chi connectivity index (χ4n) is 3.12. The molecule has 0 N–H and O–H groups in total. The molecule has 168 valence electrons. The summed E-state index contributed by atoms with van der Waals surface area (Å²) in [5.74, 6) is 1.75. The van der Waals surface area contributed by atoms with Gasteiger partial charge in [0.1, 0.15) is 12.4 Å². The van der Waals surface area contributed by atoms with E-state index in [0.29, 0.717) is 39.4 Å². The number of halogens is 2. The van der Waals surface area contributed by atoms with Gasteiger partial charge < -0.3 is 4.90 Å². The molecule has 3 rings (SSSR count). The monoisotopic (exact) mass is 490 g/mol. The van der Waals surface area contributed by atoms with Crippen LogP contribution in [0, 0.1) is 11.3 Å². The molecule has 32 heavy (non-hydrogen) atoms. The van der Waals surface area contributed by atoms with Crippen molar-refractivity contribution in [1.82, 2.24) is 24.6 Å². The molecule has 0 aliphatic rings. The van der Waals surface area contributed by atoms with Crippen molar-refractivity contribution < 1.29 is 4.79 Å². The maximum atomic E-state index is 13.5. The fourth-order valence-corrected chi connectivity index (χ4v) is 4.39. The average Bonchev–Trinajstić information content (AvgIpc) is 3.22. The highest BCUT2D eigenvalue weighted by Gasteiger charge is 2.28. The van der Waals surface area contributed by atoms with Gasteiger partial charge in [-0.2, -0.15) is 15.0 Å². The first kappa shape index (κ1) is 24.1. The number of carbonyl (C=O) groups is 1. The molecule has 1 atom stereocenters. The van der Waals surface area contributed by atoms with E-state index in [1.807, 2.05) is 13.0 Å². The van der Waals surface area contributed by atoms with Crippen molar-refractivity contribution in [1.29, 1.82) is 5.26 Å². The minimum Gasteiger partial charge on any atom is -0.328 e. The summed E-state index contributed by atoms with van der Waals surface area (Å²) < 4.78 is 1.58. The van der Waals surface area contributed by atoms with Crippen LogP contribution in [0.1, 0.15) is 34.7 Å². The van der Waals surface area contributed by atoms with E-state index in [9.17, 15) is 4.79 Å². The van der Waals surface area contributed by atoms with Crippen LogP contribution in [0.3, 0.4) is 0 Å². The second kappa shape index (κ2) is 9.90. The number of hydrogen-bond acceptors (Lipinski definition) is 5. The predicted molar refractivity (Wildman–Crippen MR) is 130 cm³/mol. The number of nitrogens with zero attached hydrogens (tertiary/aromatic N) is 6. The first-order valence-electron chi connectivity index (χ1n) is 9.78. The largest absolute Gasteiger partial charge is 0.328 e. The Kier molecular flexibility index (Phi) is 7.44. The number of aromatic nitrogens is 4. The molecule has 1 unspecified atom stereocenters. The van der Waals surface area contributed by atoms with Crippen LogP contribution in [0.4, 0.5) is 0 Å². The summed E-state index contributed by atoms with van der Waals surface area (Å²) in [7, 11) is -0.855. The molecule has 7 nitrogen and oxygen atoms in total. The maximum absolute atomic E-state index is 13.5. The molecule has 2 aromatic heterocycles. The first-order chi connectivity index (χ1) is 15.1. The standard InChI is InChI=1S/C22H24Cl2N6OS/c1-15(21-27-14-28-30(21)20-6-5-16(12-25)13-26-20)29(7-8-32(2,3)4)22(31)17-9-18(23)11-19(24)10-17/h5-6,9-11,13-15H,7-8H2,1-4H3. The third-order valence-corrected chi connectivity index (χ3v) is 6.67. The highest BCUT2D eigenvalue weighted by atomic mass is 35.5. The Morgan fingerprint density at radius 2 is 1.88 bits per heavy atom. The molecular weight excluding hydrogens is 467 g/mol. The van der Waals surface area contributed by atoms with Crippen LogP contribution in [0.25, 0.3) is 5.82 Å². The highest BCUT2D eigenvalue weighted by Crippen LogP contribution is 2.35. The lowest BCUT2D eigenvalue weighted by atomic mass is 10.1. The molecule has 3 aromatic rings. The Balaban J connectivity index is 1.99. The number of carbonyl (C=O) groups excluding carboxylic acids is 1. The van der Waals surface area contributed by atoms with Crippen LogP contribution >= 0.6 is 33.2 Å². The summed E-state index contributed by atoms with van der Waals surface area (Å²) in [5, 5.41) is 14.1. The summed E-state index contributed by atoms with van der Waals surface area (Å²) >= 11 is 12.3. The predicted octanol–water partition coefficient (Wildman–Crippen LogP) is 4.74. The van der Waals surface area contributed by atoms with Gasteiger partial charge in [0.15, 0.2) is 11.6 Å². The number of amides is 1. The third kappa shape index (κ3) is 5.80. The molecule has 0 saturated carbocycles. The lowest BCUT2D eigenvalue weighted by Crippen LogP contribution is -2.37. The van der Waals surface area contributed by atoms with Crippen LogP contribution in [0.2, 0.25) is 10.0 Å². The van der Waals surface area contributed by atoms with Crippen molar-refractivity contribution in [2.45, 2.75) is 13.0 Å². The molecule has 0 aliphatic heterocycles. The van der Waals surface area contributed by atoms with Gasteiger partial charge in [0, 0.05) is 28.4 Å². The van der Waals surface area contributed by atoms with Gasteiger partial charge >= 0.3 is 0 Å². The van der Waals surface area contributed by atoms with Crippen molar-refractivity contribution in [2.75, 3.05) is 31.1 Å². The van der Waals surface area contributed by atoms with Crippen LogP contribution in [-0.2, 0) is 0 Å². The lowest BCUT2D eigenvalue weighted by molar-refractivity contribution is 0.0695. The van der Waals surface area contributed by atoms with E-state index < -0.39 is 16.1 Å². The van der Waals surface area contributed by atoms with Crippen LogP contribution in [0.5, 0.6) is 0 Å². The molecule has 2 heterocycles. The zero-order valence-corrected chi connectivity index (χ0v) is 20.6. The number of benzene rings is 1. The Morgan fingerprint density at radius 1 is 1.19 bits per heavy atom. The van der Waals surface area contributed by atoms with E-state index in [0.717, 1.165) is 5.75 Å². The topological polar surface area (TPSA) is 87.7 Å². The SMILES string of the molecule is CC(c1ncnn1-c1ccc(C#N)cn1)N(CCS(C)(C)C)C(=O)c1cc(Cl)cc(Cl)c1. The molecule has 0 fully saturated rings. The van der Waals surface area contributed by atoms with E-state index >= 15 is 0 Å². The fraction of sp³-hybridized carbons (Fsp3) is 0.318. The maximum Gasteiger partial charge on any atom is 0.254 e. The van der Waals surface area contributed by atoms with Gasteiger partial charge in [-0.3, -0.25) is 4.79 Å². The summed E-state index contributed by atoms with van der Waals surface area (Å²) in [6.07, 6.45) is 9.53. The number of hydrogen-bond donors (Lipinski definition) is 0.